The van der Waals surface area contributed by atoms with Crippen LogP contribution in [0.3, 0.4) is 0 Å². The van der Waals surface area contributed by atoms with Crippen molar-refractivity contribution in [3.8, 4) is 16.9 Å². The summed E-state index contributed by atoms with van der Waals surface area (Å²) in [6, 6.07) is 10.9. The first-order chi connectivity index (χ1) is 67.6. The topological polar surface area (TPSA) is 655 Å². The molecule has 4 aromatic carbocycles. The van der Waals surface area contributed by atoms with Gasteiger partial charge in [-0.3, -0.25) is 62.2 Å². The molecular weight excluding hydrogens is 1840 g/mol. The molecule has 774 valence electrons. The van der Waals surface area contributed by atoms with Crippen LogP contribution in [-0.4, -0.2) is 329 Å². The van der Waals surface area contributed by atoms with Crippen LogP contribution in [0.2, 0.25) is 0 Å². The highest BCUT2D eigenvalue weighted by atomic mass is 19.1. The van der Waals surface area contributed by atoms with Gasteiger partial charge in [-0.15, -0.1) is 10.2 Å². The number of hydrogen-bond acceptors (Lipinski definition) is 31. The molecule has 0 aliphatic carbocycles. The first kappa shape index (κ1) is 115. The summed E-state index contributed by atoms with van der Waals surface area (Å²) in [5.74, 6) is -14.3. The minimum atomic E-state index is -2.42. The minimum absolute atomic E-state index is 0.00105. The number of aliphatic hydroxyl groups is 3. The Labute approximate surface area is 816 Å². The van der Waals surface area contributed by atoms with E-state index >= 15 is 4.39 Å². The van der Waals surface area contributed by atoms with Gasteiger partial charge >= 0.3 is 5.97 Å². The molecule has 11 amide bonds. The van der Waals surface area contributed by atoms with Gasteiger partial charge in [-0.1, -0.05) is 90.0 Å². The van der Waals surface area contributed by atoms with E-state index in [1.54, 1.807) is 35.1 Å². The van der Waals surface area contributed by atoms with Crippen LogP contribution in [0.25, 0.3) is 11.1 Å². The number of carbonyl (C=O) groups excluding carboxylic acids is 11. The summed E-state index contributed by atoms with van der Waals surface area (Å²) in [6.07, 6.45) is 1.86. The van der Waals surface area contributed by atoms with Crippen molar-refractivity contribution in [1.82, 2.24) is 98.8 Å². The van der Waals surface area contributed by atoms with Crippen molar-refractivity contribution >= 4 is 70.9 Å². The van der Waals surface area contributed by atoms with Crippen molar-refractivity contribution in [3.63, 3.8) is 0 Å². The number of benzene rings is 4. The minimum Gasteiger partial charge on any atom is -0.494 e. The zero-order valence-electron chi connectivity index (χ0n) is 80.9. The van der Waals surface area contributed by atoms with Crippen LogP contribution in [0.4, 0.5) is 4.39 Å². The number of hydrogen-bond donors (Lipinski definition) is 18. The summed E-state index contributed by atoms with van der Waals surface area (Å²) in [7, 11) is 0. The number of amides is 11. The fourth-order valence-corrected chi connectivity index (χ4v) is 14.3. The largest absolute Gasteiger partial charge is 0.494 e. The third kappa shape index (κ3) is 41.5. The Morgan fingerprint density at radius 1 is 0.567 bits per heavy atom. The number of nitrogens with zero attached hydrogens (tertiary/aromatic N) is 7. The Kier molecular flexibility index (Phi) is 50.4. The monoisotopic (exact) mass is 1980 g/mol. The molecule has 46 nitrogen and oxygen atoms in total. The van der Waals surface area contributed by atoms with Crippen LogP contribution in [0.1, 0.15) is 124 Å². The summed E-state index contributed by atoms with van der Waals surface area (Å²) in [4.78, 5) is 174. The lowest BCUT2D eigenvalue weighted by molar-refractivity contribution is -0.143. The lowest BCUT2D eigenvalue weighted by atomic mass is 9.90. The molecule has 0 aliphatic heterocycles. The number of primary amides is 1. The summed E-state index contributed by atoms with van der Waals surface area (Å²) < 4.78 is 67.6. The first-order valence-electron chi connectivity index (χ1n) is 46.7. The number of aliphatic hydroxyl groups excluding tert-OH is 3. The highest BCUT2D eigenvalue weighted by molar-refractivity contribution is 6.06. The fraction of sp³-hybridized carbons (Fsp3) is 0.553. The lowest BCUT2D eigenvalue weighted by Gasteiger charge is -2.34. The molecule has 47 heteroatoms. The smallest absolute Gasteiger partial charge is 0.305 e. The summed E-state index contributed by atoms with van der Waals surface area (Å²) in [6.45, 7) is 18.0. The highest BCUT2D eigenvalue weighted by Gasteiger charge is 2.44. The van der Waals surface area contributed by atoms with Gasteiger partial charge in [0.05, 0.1) is 157 Å². The van der Waals surface area contributed by atoms with E-state index in [-0.39, 0.29) is 37.4 Å². The number of unbranched alkanes of at least 4 members (excludes halogenated alkanes) is 1. The van der Waals surface area contributed by atoms with Crippen molar-refractivity contribution in [3.05, 3.63) is 160 Å². The fourth-order valence-electron chi connectivity index (χ4n) is 14.3. The van der Waals surface area contributed by atoms with Crippen molar-refractivity contribution in [2.24, 2.45) is 16.9 Å². The molecule has 7 rings (SSSR count). The van der Waals surface area contributed by atoms with Crippen molar-refractivity contribution < 1.29 is 125 Å². The number of imidazole rings is 1. The van der Waals surface area contributed by atoms with E-state index in [0.717, 1.165) is 66.6 Å². The average Bonchev–Trinajstić information content (AvgIpc) is 1.48. The van der Waals surface area contributed by atoms with Crippen LogP contribution >= 0.6 is 0 Å². The van der Waals surface area contributed by atoms with Crippen molar-refractivity contribution in [2.75, 3.05) is 132 Å². The Hall–Kier alpha value is -12.8. The predicted molar refractivity (Wildman–Crippen MR) is 505 cm³/mol. The number of halogens is 1. The van der Waals surface area contributed by atoms with Crippen LogP contribution in [0.5, 0.6) is 5.75 Å². The molecule has 0 aliphatic rings. The molecule has 10 atom stereocenters. The zero-order chi connectivity index (χ0) is 103. The molecule has 7 aromatic rings. The number of carboxylic acids is 1. The molecule has 0 spiro atoms. The number of aliphatic carboxylic acids is 1. The van der Waals surface area contributed by atoms with Gasteiger partial charge in [0.2, 0.25) is 65.0 Å². The predicted octanol–water partition coefficient (Wildman–Crippen LogP) is -1.52. The lowest BCUT2D eigenvalue weighted by Crippen LogP contribution is -2.67. The molecule has 0 saturated carbocycles. The summed E-state index contributed by atoms with van der Waals surface area (Å²) in [5, 5.41) is 88.6. The molecular formula is C94H136FN21O25. The van der Waals surface area contributed by atoms with E-state index < -0.39 is 175 Å². The molecule has 3 aromatic heterocycles. The van der Waals surface area contributed by atoms with Crippen molar-refractivity contribution in [2.45, 2.75) is 199 Å². The SMILES string of the molecule is CCc1cc(OCCCCn2cc(COCCOCCOCCOCCOCCOCCOCCOCCN)nn2)ccc1-c1ccc(C[C@H](NC(=O)[C@H](CC(=O)O)NC(=O)[C@H](CO)NC(=O)[C@@H](NC(=O)[C@](C)(Cc2ccccc2F)NC(=O)[C@@H](NC(=O)CNC(=O)[C@H](Cc2nnn[nH]2)NC(=O)C(C)(C)C(=O)NCCc2cnc[nH]2)[C@@H](C)O)[C@@H](C)O)C(=O)N[C@@H](CCCc2cc(C)cc(C)c2)C(N)=O)cc1. The normalized spacial score (nSPS) is 13.8. The van der Waals surface area contributed by atoms with E-state index in [9.17, 15) is 78.0 Å². The molecule has 3 heterocycles. The van der Waals surface area contributed by atoms with Crippen LogP contribution in [-0.2, 0) is 147 Å². The van der Waals surface area contributed by atoms with Gasteiger partial charge in [0.15, 0.2) is 5.82 Å². The number of ether oxygens (including phenoxy) is 9. The van der Waals surface area contributed by atoms with Gasteiger partial charge < -0.3 is 133 Å². The molecule has 0 radical (unpaired) electrons. The second-order valence-electron chi connectivity index (χ2n) is 34.1. The van der Waals surface area contributed by atoms with E-state index in [1.807, 2.05) is 63.4 Å². The van der Waals surface area contributed by atoms with Crippen molar-refractivity contribution in [1.29, 1.82) is 0 Å². The number of aromatic nitrogens is 9. The number of nitrogens with one attached hydrogen (secondary N) is 12. The van der Waals surface area contributed by atoms with Gasteiger partial charge in [-0.2, -0.15) is 0 Å². The number of aryl methyl sites for hydroxylation is 5. The molecule has 0 saturated heterocycles. The molecule has 0 bridgehead atoms. The molecule has 0 unspecified atom stereocenters. The van der Waals surface area contributed by atoms with Gasteiger partial charge in [-0.25, -0.2) is 14.5 Å². The second-order valence-corrected chi connectivity index (χ2v) is 34.1. The maximum Gasteiger partial charge on any atom is 0.305 e. The van der Waals surface area contributed by atoms with E-state index in [1.165, 1.54) is 38.4 Å². The van der Waals surface area contributed by atoms with Crippen LogP contribution in [0, 0.1) is 25.1 Å². The van der Waals surface area contributed by atoms with E-state index in [4.69, 9.17) is 54.1 Å². The summed E-state index contributed by atoms with van der Waals surface area (Å²) in [5.41, 5.74) is 14.3. The molecule has 20 N–H and O–H groups in total. The van der Waals surface area contributed by atoms with Crippen LogP contribution < -0.4 is 69.4 Å². The quantitative estimate of drug-likeness (QED) is 0.0152. The Morgan fingerprint density at radius 2 is 1.15 bits per heavy atom. The van der Waals surface area contributed by atoms with Crippen LogP contribution in [0.15, 0.2) is 104 Å². The second kappa shape index (κ2) is 61.7. The number of rotatable bonds is 71. The summed E-state index contributed by atoms with van der Waals surface area (Å²) >= 11 is 0. The van der Waals surface area contributed by atoms with E-state index in [0.29, 0.717) is 174 Å². The number of tetrazole rings is 1. The van der Waals surface area contributed by atoms with Gasteiger partial charge in [-0.05, 0) is 149 Å². The third-order valence-corrected chi connectivity index (χ3v) is 22.0. The van der Waals surface area contributed by atoms with Gasteiger partial charge in [0.25, 0.3) is 0 Å². The maximum atomic E-state index is 15.6. The van der Waals surface area contributed by atoms with E-state index in [2.05, 4.69) is 94.1 Å². The average molecular weight is 1980 g/mol. The third-order valence-electron chi connectivity index (χ3n) is 22.0. The van der Waals surface area contributed by atoms with Gasteiger partial charge in [0, 0.05) is 57.2 Å². The zero-order valence-corrected chi connectivity index (χ0v) is 80.9. The highest BCUT2D eigenvalue weighted by Crippen LogP contribution is 2.30. The molecule has 0 fully saturated rings. The molecule has 141 heavy (non-hydrogen) atoms. The standard InChI is InChI=1S/C94H136FN21O25/c1-9-65-49-70(141-29-13-12-28-116-55-69(110-115-116)57-140-44-43-139-42-41-138-40-39-137-38-37-136-36-35-135-34-33-134-32-31-133-30-26-96)23-24-71(65)66-21-19-63(20-22-66)48-74(85(125)102-73(83(97)123)18-14-15-64-46-59(2)45-60(3)47-64)103-86(126)76(51-80(121)122)104-87(127)77(56-117)105-88(128)81(61(4)118)108-92(132)94(8,52-67-16-10-11-17-72(67)95)109-89(129)82(62(5)119)107-79(120)54-100-84(124)75(50-78-111-113-114-112-78)106-91(131)93(6,7)90(130)99-27-25-68-53-98-58-101-68/h10-11,16-17,19-24,45-47,49,53,55,58,61-62,73-77,81-82,117-119H,9,12-15,18,25-44,48,50-52,54,56-57,96H2,1-8H3,(H2,97,123)(H,98,101)(H,99,130)(H,100,124)(H,102,125)(H,103,126)(H,104,127)(H,105,128)(H,106,131)(H,107,120)(H,108,132)(H,109,129)(H,121,122)(H,111,112,113,114)/t61-,62-,73+,74+,75+,76+,77+,81+,82+,94+/m1/s1. The number of aromatic amines is 2. The maximum absolute atomic E-state index is 15.6. The van der Waals surface area contributed by atoms with Gasteiger partial charge in [0.1, 0.15) is 70.5 Å². The first-order valence-corrected chi connectivity index (χ1v) is 46.7. The Balaban J connectivity index is 0.934. The Bertz CT molecular complexity index is 5040. The number of carboxylic acid groups (broad SMARTS) is 1. The number of H-pyrrole nitrogens is 2. The number of nitrogens with two attached hydrogens (primary N) is 2. The number of carbonyl (C=O) groups is 12. The Morgan fingerprint density at radius 3 is 1.72 bits per heavy atom.